The lowest BCUT2D eigenvalue weighted by molar-refractivity contribution is -0.142. The second kappa shape index (κ2) is 9.81. The summed E-state index contributed by atoms with van der Waals surface area (Å²) in [4.78, 5) is 33.7. The molecule has 0 aliphatic rings. The molecule has 3 aromatic rings. The Morgan fingerprint density at radius 3 is 2.54 bits per heavy atom. The molecule has 0 unspecified atom stereocenters. The van der Waals surface area contributed by atoms with Gasteiger partial charge in [-0.1, -0.05) is 0 Å². The van der Waals surface area contributed by atoms with Crippen LogP contribution in [0.2, 0.25) is 0 Å². The van der Waals surface area contributed by atoms with Gasteiger partial charge < -0.3 is 4.74 Å². The molecule has 0 saturated carbocycles. The summed E-state index contributed by atoms with van der Waals surface area (Å²) in [6.07, 6.45) is 0.102. The fourth-order valence-corrected chi connectivity index (χ4v) is 4.52. The van der Waals surface area contributed by atoms with E-state index in [-0.39, 0.29) is 18.3 Å². The number of rotatable bonds is 8. The minimum Gasteiger partial charge on any atom is -0.466 e. The van der Waals surface area contributed by atoms with Gasteiger partial charge in [-0.3, -0.25) is 14.9 Å². The number of thiazole rings is 2. The van der Waals surface area contributed by atoms with Gasteiger partial charge in [0.25, 0.3) is 5.91 Å². The summed E-state index contributed by atoms with van der Waals surface area (Å²) in [5.41, 5.74) is 2.20. The van der Waals surface area contributed by atoms with E-state index in [1.807, 2.05) is 19.1 Å². The van der Waals surface area contributed by atoms with Crippen LogP contribution >= 0.6 is 34.4 Å². The lowest BCUT2D eigenvalue weighted by Gasteiger charge is -2.04. The molecule has 9 heteroatoms. The van der Waals surface area contributed by atoms with E-state index in [0.717, 1.165) is 21.3 Å². The number of thioether (sulfide) groups is 1. The normalized spacial score (nSPS) is 10.6. The van der Waals surface area contributed by atoms with Crippen molar-refractivity contribution in [3.05, 3.63) is 57.0 Å². The molecule has 0 atom stereocenters. The van der Waals surface area contributed by atoms with Gasteiger partial charge in [-0.25, -0.2) is 9.97 Å². The molecule has 0 spiro atoms. The zero-order valence-corrected chi connectivity index (χ0v) is 17.9. The monoisotopic (exact) mass is 433 g/mol. The average molecular weight is 434 g/mol. The van der Waals surface area contributed by atoms with Gasteiger partial charge in [0.15, 0.2) is 5.13 Å². The van der Waals surface area contributed by atoms with Gasteiger partial charge >= 0.3 is 5.97 Å². The number of carbonyl (C=O) groups excluding carboxylic acids is 2. The van der Waals surface area contributed by atoms with Gasteiger partial charge in [0, 0.05) is 27.0 Å². The van der Waals surface area contributed by atoms with Crippen molar-refractivity contribution < 1.29 is 14.3 Å². The first-order valence-corrected chi connectivity index (χ1v) is 11.3. The van der Waals surface area contributed by atoms with Gasteiger partial charge in [0.2, 0.25) is 0 Å². The van der Waals surface area contributed by atoms with E-state index in [1.165, 1.54) is 11.3 Å². The third-order valence-electron chi connectivity index (χ3n) is 3.57. The molecule has 1 N–H and O–H groups in total. The van der Waals surface area contributed by atoms with Crippen LogP contribution in [0, 0.1) is 6.92 Å². The van der Waals surface area contributed by atoms with Crippen molar-refractivity contribution in [2.45, 2.75) is 30.9 Å². The Hall–Kier alpha value is -2.23. The van der Waals surface area contributed by atoms with Gasteiger partial charge in [0.05, 0.1) is 29.4 Å². The Labute approximate surface area is 175 Å². The van der Waals surface area contributed by atoms with E-state index in [9.17, 15) is 9.59 Å². The Morgan fingerprint density at radius 2 is 1.86 bits per heavy atom. The summed E-state index contributed by atoms with van der Waals surface area (Å²) in [5, 5.41) is 8.10. The molecular formula is C19H19N3O3S3. The number of nitrogens with zero attached hydrogens (tertiary/aromatic N) is 2. The van der Waals surface area contributed by atoms with Crippen molar-refractivity contribution in [3.63, 3.8) is 0 Å². The van der Waals surface area contributed by atoms with Crippen molar-refractivity contribution in [1.29, 1.82) is 0 Å². The highest BCUT2D eigenvalue weighted by molar-refractivity contribution is 7.98. The number of benzene rings is 1. The van der Waals surface area contributed by atoms with Crippen molar-refractivity contribution >= 4 is 51.4 Å². The summed E-state index contributed by atoms with van der Waals surface area (Å²) < 4.78 is 4.90. The molecule has 0 fully saturated rings. The molecule has 3 rings (SSSR count). The number of carbonyl (C=O) groups is 2. The lowest BCUT2D eigenvalue weighted by atomic mass is 10.2. The summed E-state index contributed by atoms with van der Waals surface area (Å²) in [7, 11) is 0. The number of hydrogen-bond acceptors (Lipinski definition) is 8. The highest BCUT2D eigenvalue weighted by atomic mass is 32.2. The molecule has 146 valence electrons. The fraction of sp³-hybridized carbons (Fsp3) is 0.263. The Balaban J connectivity index is 1.53. The van der Waals surface area contributed by atoms with Crippen LogP contribution in [0.3, 0.4) is 0 Å². The summed E-state index contributed by atoms with van der Waals surface area (Å²) in [5.74, 6) is 0.244. The summed E-state index contributed by atoms with van der Waals surface area (Å²) >= 11 is 4.61. The van der Waals surface area contributed by atoms with Crippen LogP contribution in [0.4, 0.5) is 5.13 Å². The molecule has 0 saturated heterocycles. The molecule has 0 bridgehead atoms. The lowest BCUT2D eigenvalue weighted by Crippen LogP contribution is -2.12. The first kappa shape index (κ1) is 20.5. The topological polar surface area (TPSA) is 81.2 Å². The van der Waals surface area contributed by atoms with Crippen LogP contribution in [0.1, 0.15) is 33.7 Å². The minimum absolute atomic E-state index is 0.102. The van der Waals surface area contributed by atoms with E-state index in [0.29, 0.717) is 23.0 Å². The largest absolute Gasteiger partial charge is 0.466 e. The van der Waals surface area contributed by atoms with Crippen LogP contribution in [-0.2, 0) is 21.7 Å². The third-order valence-corrected chi connectivity index (χ3v) is 6.25. The molecule has 6 nitrogen and oxygen atoms in total. The first-order valence-electron chi connectivity index (χ1n) is 8.58. The van der Waals surface area contributed by atoms with Crippen LogP contribution in [0.5, 0.6) is 0 Å². The SMILES string of the molecule is CCOC(=O)Cc1csc(NC(=O)c2ccc(SCc3csc(C)n3)cc2)n1. The van der Waals surface area contributed by atoms with Crippen molar-refractivity contribution in [3.8, 4) is 0 Å². The Kier molecular flexibility index (Phi) is 7.18. The van der Waals surface area contributed by atoms with Gasteiger partial charge in [-0.15, -0.1) is 34.4 Å². The molecule has 1 aromatic carbocycles. The van der Waals surface area contributed by atoms with E-state index in [1.54, 1.807) is 47.5 Å². The maximum absolute atomic E-state index is 12.4. The van der Waals surface area contributed by atoms with Gasteiger partial charge in [0.1, 0.15) is 0 Å². The molecular weight excluding hydrogens is 414 g/mol. The highest BCUT2D eigenvalue weighted by Gasteiger charge is 2.12. The van der Waals surface area contributed by atoms with E-state index in [2.05, 4.69) is 20.7 Å². The predicted molar refractivity (Wildman–Crippen MR) is 113 cm³/mol. The van der Waals surface area contributed by atoms with Crippen LogP contribution in [0.25, 0.3) is 0 Å². The molecule has 1 amide bonds. The molecule has 2 heterocycles. The standard InChI is InChI=1S/C19H19N3O3S3/c1-3-25-17(23)8-14-9-28-19(21-14)22-18(24)13-4-6-16(7-5-13)27-11-15-10-26-12(2)20-15/h4-7,9-10H,3,8,11H2,1-2H3,(H,21,22,24). The fourth-order valence-electron chi connectivity index (χ4n) is 2.31. The second-order valence-corrected chi connectivity index (χ2v) is 8.72. The van der Waals surface area contributed by atoms with E-state index >= 15 is 0 Å². The minimum atomic E-state index is -0.327. The molecule has 28 heavy (non-hydrogen) atoms. The summed E-state index contributed by atoms with van der Waals surface area (Å²) in [6.45, 7) is 4.09. The predicted octanol–water partition coefficient (Wildman–Crippen LogP) is 4.56. The smallest absolute Gasteiger partial charge is 0.311 e. The van der Waals surface area contributed by atoms with Crippen LogP contribution in [-0.4, -0.2) is 28.5 Å². The van der Waals surface area contributed by atoms with E-state index in [4.69, 9.17) is 4.74 Å². The van der Waals surface area contributed by atoms with Crippen LogP contribution < -0.4 is 5.32 Å². The highest BCUT2D eigenvalue weighted by Crippen LogP contribution is 2.24. The summed E-state index contributed by atoms with van der Waals surface area (Å²) in [6, 6.07) is 7.42. The number of esters is 1. The number of hydrogen-bond donors (Lipinski definition) is 1. The number of anilines is 1. The first-order chi connectivity index (χ1) is 13.5. The maximum atomic E-state index is 12.4. The number of aryl methyl sites for hydroxylation is 1. The molecule has 0 aliphatic carbocycles. The number of aromatic nitrogens is 2. The Bertz CT molecular complexity index is 951. The van der Waals surface area contributed by atoms with Crippen molar-refractivity contribution in [1.82, 2.24) is 9.97 Å². The maximum Gasteiger partial charge on any atom is 0.311 e. The van der Waals surface area contributed by atoms with Crippen molar-refractivity contribution in [2.24, 2.45) is 0 Å². The quantitative estimate of drug-likeness (QED) is 0.414. The van der Waals surface area contributed by atoms with E-state index < -0.39 is 0 Å². The molecule has 0 aliphatic heterocycles. The number of amides is 1. The Morgan fingerprint density at radius 1 is 1.11 bits per heavy atom. The van der Waals surface area contributed by atoms with Crippen LogP contribution in [0.15, 0.2) is 39.9 Å². The number of nitrogens with one attached hydrogen (secondary N) is 1. The van der Waals surface area contributed by atoms with Crippen molar-refractivity contribution in [2.75, 3.05) is 11.9 Å². The zero-order valence-electron chi connectivity index (χ0n) is 15.4. The zero-order chi connectivity index (χ0) is 19.9. The van der Waals surface area contributed by atoms with Gasteiger partial charge in [-0.05, 0) is 38.1 Å². The average Bonchev–Trinajstić information content (AvgIpc) is 3.29. The number of ether oxygens (including phenoxy) is 1. The third kappa shape index (κ3) is 5.88. The van der Waals surface area contributed by atoms with Gasteiger partial charge in [-0.2, -0.15) is 0 Å². The molecule has 2 aromatic heterocycles. The molecule has 0 radical (unpaired) electrons. The second-order valence-electron chi connectivity index (χ2n) is 5.75.